The summed E-state index contributed by atoms with van der Waals surface area (Å²) in [4.78, 5) is 95.4. The van der Waals surface area contributed by atoms with E-state index in [9.17, 15) is 36.7 Å². The molecule has 135 heavy (non-hydrogen) atoms. The van der Waals surface area contributed by atoms with E-state index in [2.05, 4.69) is 77.2 Å². The Morgan fingerprint density at radius 2 is 0.689 bits per heavy atom. The number of nitriles is 1. The lowest BCUT2D eigenvalue weighted by molar-refractivity contribution is -0.137. The Balaban J connectivity index is 0.0000000961. The van der Waals surface area contributed by atoms with Crippen molar-refractivity contribution in [2.45, 2.75) is 136 Å². The van der Waals surface area contributed by atoms with Crippen LogP contribution in [0.2, 0.25) is 15.1 Å². The molecule has 4 saturated carbocycles. The van der Waals surface area contributed by atoms with Gasteiger partial charge in [0, 0.05) is 125 Å². The Labute approximate surface area is 775 Å². The third kappa shape index (κ3) is 14.5. The molecule has 0 radical (unpaired) electrons. The van der Waals surface area contributed by atoms with E-state index in [-0.39, 0.29) is 112 Å². The Hall–Kier alpha value is -15.4. The maximum absolute atomic E-state index is 13.9. The SMILES string of the molecule is Cc1cc2[nH]c(C3C4Oc5ccc(Oc6ccnc7c6CCC(=O)N7)cc5C43)nc2cc1F.N#Cc1ccc2nc(C3C4Oc5ccc(Oc6ccnc7c6CCC(=O)N7)cc5C43)[nH]c2c1.O=C1CCc2c(Oc3ccc4c(c3)C3C(O4)C3c3nc4cc(Cl)c(C(F)(F)F)cc4[nH]3)ccnc2N1.O=C1CCc2c(Oc3ccc4c(c3)C3C(O4)C3c3nc4cc(Cl)c(Cl)cc4[nH]3)ccnc2N1. The standard InChI is InChI=1S/C25H16ClF3N4O3.C25H19FN4O3.C25H17N5O3.C24H16Cl2N4O3/c26-14-9-16-15(8-13(14)25(27,28)29)31-24(32-16)21-20-12-7-10(1-3-17(12)36-22(20)21)35-18-5-6-30-23-11(18)2-4-19(34)33-23;1-11-8-16-17(10-15(11)26)29-25(28-16)22-21-14-9-12(2-4-18(14)33-23(21)22)32-19-6-7-27-24-13(19)3-5-20(31)30-24;26-11-12-1-4-16-17(9-12)29-25(28-16)22-21-15-10-13(2-5-18(15)33-23(21)22)32-19-7-8-27-24-14(19)3-6-20(31)30-24;25-13-8-15-16(9-14(13)26)29-24(28-15)21-20-12-7-10(1-3-17(12)33-22(20)21)32-18-5-6-27-23-11(18)2-4-19(31)30-23/h1,3,5-9,20-22H,2,4H2,(H,31,32)(H,30,33,34);2,4,6-10,21-23H,3,5H2,1H3,(H,28,29)(H,27,30,31);1-2,4-5,7-10,21-23H,3,6H2,(H,28,29)(H,27,30,31);1,3,5-9,20-22H,2,4H2,(H,28,29)(H,27,30,31). The molecule has 12 atom stereocenters. The molecule has 8 N–H and O–H groups in total. The topological polar surface area (TPSA) is 380 Å². The van der Waals surface area contributed by atoms with Gasteiger partial charge in [0.1, 0.15) is 146 Å². The zero-order chi connectivity index (χ0) is 91.4. The summed E-state index contributed by atoms with van der Waals surface area (Å²) in [6.07, 6.45) is 5.88. The summed E-state index contributed by atoms with van der Waals surface area (Å²) in [6, 6.07) is 47.1. The van der Waals surface area contributed by atoms with Crippen molar-refractivity contribution >= 4 is 126 Å². The highest BCUT2D eigenvalue weighted by atomic mass is 35.5. The second-order valence-corrected chi connectivity index (χ2v) is 36.3. The van der Waals surface area contributed by atoms with Gasteiger partial charge < -0.3 is 79.1 Å². The van der Waals surface area contributed by atoms with Gasteiger partial charge in [0.05, 0.1) is 100 Å². The van der Waals surface area contributed by atoms with E-state index in [0.717, 1.165) is 130 Å². The van der Waals surface area contributed by atoms with Gasteiger partial charge in [-0.15, -0.1) is 0 Å². The molecule has 36 heteroatoms. The number of pyridine rings is 4. The Kier molecular flexibility index (Phi) is 18.8. The monoisotopic (exact) mass is 1870 g/mol. The molecule has 29 nitrogen and oxygen atoms in total. The Bertz CT molecular complexity index is 7590. The van der Waals surface area contributed by atoms with Crippen LogP contribution in [0.3, 0.4) is 0 Å². The lowest BCUT2D eigenvalue weighted by Crippen LogP contribution is -2.20. The van der Waals surface area contributed by atoms with Gasteiger partial charge in [-0.3, -0.25) is 19.2 Å². The predicted octanol–water partition coefficient (Wildman–Crippen LogP) is 20.4. The minimum absolute atomic E-state index is 0.00677. The van der Waals surface area contributed by atoms with Crippen LogP contribution in [0.4, 0.5) is 40.8 Å². The highest BCUT2D eigenvalue weighted by molar-refractivity contribution is 6.42. The molecule has 16 heterocycles. The maximum atomic E-state index is 13.9. The van der Waals surface area contributed by atoms with E-state index in [1.54, 1.807) is 62.0 Å². The summed E-state index contributed by atoms with van der Waals surface area (Å²) in [5, 5.41) is 20.9. The number of fused-ring (bicyclic) bond motifs is 20. The first kappa shape index (κ1) is 81.6. The fourth-order valence-corrected chi connectivity index (χ4v) is 20.6. The number of aryl methyl sites for hydroxylation is 1. The average molecular weight is 1870 g/mol. The van der Waals surface area contributed by atoms with Crippen LogP contribution in [-0.2, 0) is 51.0 Å². The lowest BCUT2D eigenvalue weighted by Gasteiger charge is -2.19. The number of aromatic amines is 4. The van der Waals surface area contributed by atoms with E-state index in [0.29, 0.717) is 147 Å². The van der Waals surface area contributed by atoms with Gasteiger partial charge in [0.25, 0.3) is 0 Å². The van der Waals surface area contributed by atoms with Gasteiger partial charge in [0.2, 0.25) is 23.6 Å². The lowest BCUT2D eigenvalue weighted by atomic mass is 10.1. The zero-order valence-electron chi connectivity index (χ0n) is 70.4. The quantitative estimate of drug-likeness (QED) is 0.0527. The Morgan fingerprint density at radius 3 is 1.04 bits per heavy atom. The molecule has 16 aromatic rings. The summed E-state index contributed by atoms with van der Waals surface area (Å²) in [5.74, 6) is 14.7. The summed E-state index contributed by atoms with van der Waals surface area (Å²) in [5.41, 5.74) is 13.6. The van der Waals surface area contributed by atoms with Crippen LogP contribution in [0.5, 0.6) is 69.0 Å². The fourth-order valence-electron chi connectivity index (χ4n) is 20.0. The van der Waals surface area contributed by atoms with Crippen molar-refractivity contribution in [1.82, 2.24) is 59.8 Å². The van der Waals surface area contributed by atoms with Gasteiger partial charge in [-0.25, -0.2) is 44.3 Å². The number of hydrogen-bond acceptors (Lipinski definition) is 21. The number of halogens is 7. The summed E-state index contributed by atoms with van der Waals surface area (Å²) in [6.45, 7) is 1.75. The highest BCUT2D eigenvalue weighted by Gasteiger charge is 2.64. The molecule has 4 aliphatic carbocycles. The van der Waals surface area contributed by atoms with E-state index >= 15 is 0 Å². The van der Waals surface area contributed by atoms with Gasteiger partial charge >= 0.3 is 6.18 Å². The van der Waals surface area contributed by atoms with Crippen LogP contribution in [0.1, 0.15) is 158 Å². The van der Waals surface area contributed by atoms with Crippen LogP contribution < -0.4 is 59.2 Å². The number of rotatable bonds is 12. The van der Waals surface area contributed by atoms with Crippen molar-refractivity contribution in [2.24, 2.45) is 0 Å². The van der Waals surface area contributed by atoms with Crippen LogP contribution in [0, 0.1) is 24.1 Å². The summed E-state index contributed by atoms with van der Waals surface area (Å²) in [7, 11) is 0. The fraction of sp³-hybridized carbons (Fsp3) is 0.222. The molecule has 8 aliphatic heterocycles. The number of nitrogens with zero attached hydrogens (tertiary/aromatic N) is 9. The largest absolute Gasteiger partial charge is 0.489 e. The first-order valence-electron chi connectivity index (χ1n) is 43.8. The number of carbonyl (C=O) groups is 4. The van der Waals surface area contributed by atoms with E-state index < -0.39 is 11.7 Å². The second kappa shape index (κ2) is 31.1. The predicted molar refractivity (Wildman–Crippen MR) is 484 cm³/mol. The van der Waals surface area contributed by atoms with Crippen molar-refractivity contribution in [3.63, 3.8) is 0 Å². The number of nitrogens with one attached hydrogen (secondary N) is 8. The normalized spacial score (nSPS) is 22.1. The van der Waals surface area contributed by atoms with Crippen molar-refractivity contribution in [2.75, 3.05) is 21.3 Å². The van der Waals surface area contributed by atoms with Gasteiger partial charge in [-0.05, 0) is 184 Å². The molecule has 0 bridgehead atoms. The summed E-state index contributed by atoms with van der Waals surface area (Å²) >= 11 is 18.1. The van der Waals surface area contributed by atoms with Crippen LogP contribution in [-0.4, -0.2) is 108 Å². The first-order valence-corrected chi connectivity index (χ1v) is 44.9. The van der Waals surface area contributed by atoms with Crippen molar-refractivity contribution in [3.05, 3.63) is 282 Å². The number of benzene rings is 8. The van der Waals surface area contributed by atoms with Crippen LogP contribution >= 0.6 is 34.8 Å². The minimum atomic E-state index is -4.55. The molecule has 0 spiro atoms. The molecular weight excluding hydrogens is 1800 g/mol. The van der Waals surface area contributed by atoms with Crippen LogP contribution in [0.15, 0.2) is 176 Å². The molecule has 0 saturated heterocycles. The first-order chi connectivity index (χ1) is 65.5. The molecule has 670 valence electrons. The third-order valence-electron chi connectivity index (χ3n) is 26.7. The van der Waals surface area contributed by atoms with Gasteiger partial charge in [-0.2, -0.15) is 18.4 Å². The molecule has 4 amide bonds. The second-order valence-electron chi connectivity index (χ2n) is 35.1. The van der Waals surface area contributed by atoms with Gasteiger partial charge in [-0.1, -0.05) is 34.8 Å². The van der Waals surface area contributed by atoms with E-state index in [4.69, 9.17) is 87.9 Å². The number of imidazole rings is 4. The van der Waals surface area contributed by atoms with Crippen molar-refractivity contribution in [3.8, 4) is 75.1 Å². The number of carbonyl (C=O) groups excluding carboxylic acids is 4. The molecule has 4 fully saturated rings. The third-order valence-corrected chi connectivity index (χ3v) is 27.8. The number of ether oxygens (including phenoxy) is 8. The molecule has 8 aromatic carbocycles. The molecular formula is C99H68Cl3F4N17O12. The van der Waals surface area contributed by atoms with Crippen molar-refractivity contribution < 1.29 is 74.6 Å². The van der Waals surface area contributed by atoms with E-state index in [1.165, 1.54) is 12.1 Å². The van der Waals surface area contributed by atoms with E-state index in [1.807, 2.05) is 103 Å². The minimum Gasteiger partial charge on any atom is -0.489 e. The number of hydrogen-bond donors (Lipinski definition) is 8. The zero-order valence-corrected chi connectivity index (χ0v) is 72.7. The number of alkyl halides is 3. The summed E-state index contributed by atoms with van der Waals surface area (Å²) < 4.78 is 103. The maximum Gasteiger partial charge on any atom is 0.417 e. The molecule has 12 aliphatic rings. The number of amides is 4. The molecule has 12 unspecified atom stereocenters. The average Bonchev–Trinajstić information content (AvgIpc) is 1.55. The molecule has 8 aromatic heterocycles. The van der Waals surface area contributed by atoms with Gasteiger partial charge in [0.15, 0.2) is 0 Å². The Morgan fingerprint density at radius 1 is 0.370 bits per heavy atom. The molecule has 28 rings (SSSR count). The van der Waals surface area contributed by atoms with Crippen molar-refractivity contribution in [1.29, 1.82) is 5.26 Å². The smallest absolute Gasteiger partial charge is 0.417 e. The number of aromatic nitrogens is 12. The number of H-pyrrole nitrogens is 4. The van der Waals surface area contributed by atoms with Crippen LogP contribution in [0.25, 0.3) is 44.1 Å². The highest BCUT2D eigenvalue weighted by Crippen LogP contribution is 2.68. The number of anilines is 4.